The summed E-state index contributed by atoms with van der Waals surface area (Å²) < 4.78 is 5.79. The molecule has 2 aliphatic heterocycles. The highest BCUT2D eigenvalue weighted by Gasteiger charge is 2.32. The summed E-state index contributed by atoms with van der Waals surface area (Å²) in [4.78, 5) is 27.5. The first-order valence-corrected chi connectivity index (χ1v) is 9.85. The summed E-state index contributed by atoms with van der Waals surface area (Å²) in [6.45, 7) is 3.05. The van der Waals surface area contributed by atoms with E-state index >= 15 is 0 Å². The number of nitrogens with one attached hydrogen (secondary N) is 4. The van der Waals surface area contributed by atoms with Crippen molar-refractivity contribution in [3.05, 3.63) is 58.8 Å². The van der Waals surface area contributed by atoms with Crippen LogP contribution in [-0.2, 0) is 4.79 Å². The van der Waals surface area contributed by atoms with E-state index in [-0.39, 0.29) is 11.9 Å². The molecule has 0 spiro atoms. The van der Waals surface area contributed by atoms with Crippen LogP contribution in [0.3, 0.4) is 0 Å². The minimum Gasteiger partial charge on any atom is -0.490 e. The van der Waals surface area contributed by atoms with E-state index in [9.17, 15) is 9.59 Å². The minimum atomic E-state index is -0.647. The molecule has 2 aromatic carbocycles. The molecule has 0 aromatic heterocycles. The molecule has 31 heavy (non-hydrogen) atoms. The molecule has 2 aromatic rings. The summed E-state index contributed by atoms with van der Waals surface area (Å²) >= 11 is 0. The van der Waals surface area contributed by atoms with E-state index in [2.05, 4.69) is 20.9 Å². The van der Waals surface area contributed by atoms with Crippen molar-refractivity contribution < 1.29 is 14.3 Å². The molecule has 0 fully saturated rings. The Morgan fingerprint density at radius 3 is 2.90 bits per heavy atom. The molecule has 3 amide bonds. The van der Waals surface area contributed by atoms with E-state index in [1.54, 1.807) is 25.1 Å². The van der Waals surface area contributed by atoms with Crippen LogP contribution in [0, 0.1) is 5.41 Å². The van der Waals surface area contributed by atoms with Crippen molar-refractivity contribution in [3.63, 3.8) is 0 Å². The highest BCUT2D eigenvalue weighted by molar-refractivity contribution is 6.07. The number of amides is 3. The lowest BCUT2D eigenvalue weighted by Gasteiger charge is -2.31. The average Bonchev–Trinajstić information content (AvgIpc) is 2.74. The van der Waals surface area contributed by atoms with Gasteiger partial charge in [-0.3, -0.25) is 4.79 Å². The number of rotatable bonds is 4. The Balaban J connectivity index is 1.67. The first kappa shape index (κ1) is 20.3. The zero-order chi connectivity index (χ0) is 22.1. The first-order chi connectivity index (χ1) is 14.9. The van der Waals surface area contributed by atoms with Gasteiger partial charge >= 0.3 is 6.03 Å². The van der Waals surface area contributed by atoms with Crippen LogP contribution < -0.4 is 31.3 Å². The van der Waals surface area contributed by atoms with Gasteiger partial charge < -0.3 is 36.7 Å². The molecule has 160 valence electrons. The Kier molecular flexibility index (Phi) is 5.24. The minimum absolute atomic E-state index is 0.369. The van der Waals surface area contributed by atoms with Gasteiger partial charge in [0.15, 0.2) is 0 Å². The average molecular weight is 420 g/mol. The van der Waals surface area contributed by atoms with E-state index in [1.807, 2.05) is 25.2 Å². The predicted octanol–water partition coefficient (Wildman–Crippen LogP) is 2.36. The molecule has 2 aliphatic rings. The maximum Gasteiger partial charge on any atom is 0.319 e. The van der Waals surface area contributed by atoms with Gasteiger partial charge in [-0.2, -0.15) is 0 Å². The number of nitrogens with zero attached hydrogens (tertiary/aromatic N) is 1. The van der Waals surface area contributed by atoms with Gasteiger partial charge in [0.1, 0.15) is 12.4 Å². The standard InChI is InChI=1S/C22H24N6O3/c1-12-19(21(29)26-15-4-5-16(24)14(9-15)11-23)20(27-22(30)25-12)13-3-6-17-18(10-13)31-8-7-28(17)2/h3-6,9-11,20,23H,7-8,24H2,1-2H3,(H,26,29)(H2,25,27,30). The van der Waals surface area contributed by atoms with Gasteiger partial charge in [-0.1, -0.05) is 6.07 Å². The van der Waals surface area contributed by atoms with Crippen LogP contribution in [0.1, 0.15) is 24.1 Å². The maximum absolute atomic E-state index is 13.2. The molecule has 2 heterocycles. The van der Waals surface area contributed by atoms with Crippen molar-refractivity contribution >= 4 is 35.2 Å². The summed E-state index contributed by atoms with van der Waals surface area (Å²) in [6, 6.07) is 9.58. The largest absolute Gasteiger partial charge is 0.490 e. The second-order valence-corrected chi connectivity index (χ2v) is 7.51. The topological polar surface area (TPSA) is 133 Å². The summed E-state index contributed by atoms with van der Waals surface area (Å²) in [5.41, 5.74) is 9.84. The van der Waals surface area contributed by atoms with E-state index in [0.717, 1.165) is 24.0 Å². The van der Waals surface area contributed by atoms with E-state index in [1.165, 1.54) is 0 Å². The summed E-state index contributed by atoms with van der Waals surface area (Å²) in [7, 11) is 1.99. The van der Waals surface area contributed by atoms with Gasteiger partial charge in [-0.25, -0.2) is 4.79 Å². The zero-order valence-electron chi connectivity index (χ0n) is 17.3. The number of likely N-dealkylation sites (N-methyl/N-ethyl adjacent to an activating group) is 1. The fourth-order valence-corrected chi connectivity index (χ4v) is 3.78. The first-order valence-electron chi connectivity index (χ1n) is 9.85. The van der Waals surface area contributed by atoms with Crippen molar-refractivity contribution in [1.29, 1.82) is 5.41 Å². The summed E-state index contributed by atoms with van der Waals surface area (Å²) in [5, 5.41) is 15.8. The lowest BCUT2D eigenvalue weighted by molar-refractivity contribution is -0.113. The van der Waals surface area contributed by atoms with Gasteiger partial charge in [0.25, 0.3) is 5.91 Å². The van der Waals surface area contributed by atoms with Crippen molar-refractivity contribution in [3.8, 4) is 5.75 Å². The Hall–Kier alpha value is -4.01. The Labute approximate surface area is 179 Å². The maximum atomic E-state index is 13.2. The fraction of sp³-hybridized carbons (Fsp3) is 0.227. The molecule has 9 heteroatoms. The Bertz CT molecular complexity index is 1110. The molecule has 0 bridgehead atoms. The molecular formula is C22H24N6O3. The highest BCUT2D eigenvalue weighted by atomic mass is 16.5. The molecule has 0 aliphatic carbocycles. The van der Waals surface area contributed by atoms with Crippen LogP contribution in [0.5, 0.6) is 5.75 Å². The van der Waals surface area contributed by atoms with Crippen LogP contribution in [0.2, 0.25) is 0 Å². The number of urea groups is 1. The number of carbonyl (C=O) groups excluding carboxylic acids is 2. The second kappa shape index (κ2) is 8.02. The van der Waals surface area contributed by atoms with Gasteiger partial charge in [0.05, 0.1) is 23.8 Å². The van der Waals surface area contributed by atoms with Gasteiger partial charge in [-0.15, -0.1) is 0 Å². The van der Waals surface area contributed by atoms with E-state index in [0.29, 0.717) is 40.6 Å². The highest BCUT2D eigenvalue weighted by Crippen LogP contribution is 2.36. The summed E-state index contributed by atoms with van der Waals surface area (Å²) in [5.74, 6) is 0.345. The third-order valence-electron chi connectivity index (χ3n) is 5.43. The number of carbonyl (C=O) groups is 2. The zero-order valence-corrected chi connectivity index (χ0v) is 17.3. The lowest BCUT2D eigenvalue weighted by atomic mass is 9.94. The molecule has 6 N–H and O–H groups in total. The third-order valence-corrected chi connectivity index (χ3v) is 5.43. The van der Waals surface area contributed by atoms with Crippen molar-refractivity contribution in [2.75, 3.05) is 36.1 Å². The molecule has 0 radical (unpaired) electrons. The van der Waals surface area contributed by atoms with Crippen LogP contribution in [0.4, 0.5) is 21.9 Å². The lowest BCUT2D eigenvalue weighted by Crippen LogP contribution is -2.46. The molecule has 4 rings (SSSR count). The van der Waals surface area contributed by atoms with Crippen LogP contribution >= 0.6 is 0 Å². The van der Waals surface area contributed by atoms with E-state index < -0.39 is 6.04 Å². The SMILES string of the molecule is CC1=C(C(=O)Nc2ccc(N)c(C=N)c2)C(c2ccc3c(c2)OCCN3C)NC(=O)N1. The normalized spacial score (nSPS) is 17.8. The molecule has 0 saturated carbocycles. The quantitative estimate of drug-likeness (QED) is 0.383. The van der Waals surface area contributed by atoms with Gasteiger partial charge in [-0.05, 0) is 42.8 Å². The fourth-order valence-electron chi connectivity index (χ4n) is 3.78. The summed E-state index contributed by atoms with van der Waals surface area (Å²) in [6.07, 6.45) is 1.13. The number of fused-ring (bicyclic) bond motifs is 1. The van der Waals surface area contributed by atoms with Crippen molar-refractivity contribution in [2.45, 2.75) is 13.0 Å². The molecule has 1 atom stereocenters. The van der Waals surface area contributed by atoms with Crippen LogP contribution in [0.15, 0.2) is 47.7 Å². The number of allylic oxidation sites excluding steroid dienone is 1. The number of anilines is 3. The molecular weight excluding hydrogens is 396 g/mol. The number of nitrogen functional groups attached to an aromatic ring is 1. The number of nitrogens with two attached hydrogens (primary N) is 1. The van der Waals surface area contributed by atoms with Gasteiger partial charge in [0.2, 0.25) is 0 Å². The van der Waals surface area contributed by atoms with Crippen molar-refractivity contribution in [1.82, 2.24) is 10.6 Å². The number of hydrogen-bond acceptors (Lipinski definition) is 6. The number of hydrogen-bond donors (Lipinski definition) is 5. The smallest absolute Gasteiger partial charge is 0.319 e. The van der Waals surface area contributed by atoms with Crippen LogP contribution in [0.25, 0.3) is 0 Å². The Morgan fingerprint density at radius 2 is 2.13 bits per heavy atom. The number of ether oxygens (including phenoxy) is 1. The second-order valence-electron chi connectivity index (χ2n) is 7.51. The third kappa shape index (κ3) is 3.89. The van der Waals surface area contributed by atoms with Crippen molar-refractivity contribution in [2.24, 2.45) is 0 Å². The van der Waals surface area contributed by atoms with E-state index in [4.69, 9.17) is 15.9 Å². The van der Waals surface area contributed by atoms with Gasteiger partial charge in [0, 0.05) is 35.9 Å². The molecule has 1 unspecified atom stereocenters. The monoisotopic (exact) mass is 420 g/mol. The number of benzene rings is 2. The molecule has 0 saturated heterocycles. The van der Waals surface area contributed by atoms with Crippen LogP contribution in [-0.4, -0.2) is 38.4 Å². The predicted molar refractivity (Wildman–Crippen MR) is 120 cm³/mol. The molecule has 9 nitrogen and oxygen atoms in total. The Morgan fingerprint density at radius 1 is 1.32 bits per heavy atom.